The van der Waals surface area contributed by atoms with Gasteiger partial charge in [-0.05, 0) is 18.2 Å². The van der Waals surface area contributed by atoms with Crippen LogP contribution < -0.4 is 4.31 Å². The van der Waals surface area contributed by atoms with Crippen LogP contribution in [0.4, 0.5) is 5.69 Å². The van der Waals surface area contributed by atoms with Crippen molar-refractivity contribution in [2.24, 2.45) is 0 Å². The molecule has 5 heteroatoms. The van der Waals surface area contributed by atoms with Crippen molar-refractivity contribution < 1.29 is 4.79 Å². The van der Waals surface area contributed by atoms with E-state index in [0.29, 0.717) is 6.41 Å². The summed E-state index contributed by atoms with van der Waals surface area (Å²) >= 11 is 7.40. The third-order valence-corrected chi connectivity index (χ3v) is 2.77. The number of carbonyl (C=O) groups excluding carboxylic acids is 1. The predicted octanol–water partition coefficient (Wildman–Crippen LogP) is 2.74. The van der Waals surface area contributed by atoms with Crippen LogP contribution in [0.5, 0.6) is 0 Å². The van der Waals surface area contributed by atoms with E-state index in [1.54, 1.807) is 6.20 Å². The standard InChI is InChI=1S/C9H7BrN2OS/c10-6-1-2-8-7(3-6)9(4-11-8)12(14)5-13/h1-5,11,14H. The molecule has 1 N–H and O–H groups in total. The minimum atomic E-state index is 0.659. The van der Waals surface area contributed by atoms with E-state index >= 15 is 0 Å². The number of amides is 1. The van der Waals surface area contributed by atoms with Crippen LogP contribution in [0.25, 0.3) is 10.9 Å². The summed E-state index contributed by atoms with van der Waals surface area (Å²) in [5.41, 5.74) is 1.73. The van der Waals surface area contributed by atoms with Crippen LogP contribution in [-0.2, 0) is 4.79 Å². The second-order valence-electron chi connectivity index (χ2n) is 2.81. The maximum Gasteiger partial charge on any atom is 0.224 e. The average molecular weight is 271 g/mol. The van der Waals surface area contributed by atoms with E-state index in [1.165, 1.54) is 4.31 Å². The largest absolute Gasteiger partial charge is 0.359 e. The fourth-order valence-electron chi connectivity index (χ4n) is 1.32. The van der Waals surface area contributed by atoms with Crippen LogP contribution in [0.1, 0.15) is 0 Å². The van der Waals surface area contributed by atoms with Gasteiger partial charge >= 0.3 is 0 Å². The zero-order chi connectivity index (χ0) is 10.1. The van der Waals surface area contributed by atoms with Gasteiger partial charge in [0.25, 0.3) is 0 Å². The number of carbonyl (C=O) groups is 1. The summed E-state index contributed by atoms with van der Waals surface area (Å²) in [7, 11) is 0. The summed E-state index contributed by atoms with van der Waals surface area (Å²) < 4.78 is 2.21. The second kappa shape index (κ2) is 3.67. The molecule has 2 aromatic rings. The van der Waals surface area contributed by atoms with Crippen molar-refractivity contribution in [3.63, 3.8) is 0 Å². The Morgan fingerprint density at radius 2 is 2.29 bits per heavy atom. The lowest BCUT2D eigenvalue weighted by atomic mass is 10.2. The molecule has 0 spiro atoms. The van der Waals surface area contributed by atoms with Crippen molar-refractivity contribution in [2.75, 3.05) is 4.31 Å². The molecule has 1 aromatic heterocycles. The highest BCUT2D eigenvalue weighted by Crippen LogP contribution is 2.29. The summed E-state index contributed by atoms with van der Waals surface area (Å²) in [4.78, 5) is 13.6. The van der Waals surface area contributed by atoms with Gasteiger partial charge in [-0.15, -0.1) is 0 Å². The van der Waals surface area contributed by atoms with Gasteiger partial charge in [0.1, 0.15) is 0 Å². The molecule has 0 aliphatic rings. The normalized spacial score (nSPS) is 10.4. The molecule has 0 aliphatic heterocycles. The Morgan fingerprint density at radius 3 is 3.00 bits per heavy atom. The summed E-state index contributed by atoms with van der Waals surface area (Å²) in [5, 5.41) is 0.960. The van der Waals surface area contributed by atoms with E-state index in [-0.39, 0.29) is 0 Å². The molecular weight excluding hydrogens is 264 g/mol. The topological polar surface area (TPSA) is 36.1 Å². The molecule has 3 nitrogen and oxygen atoms in total. The second-order valence-corrected chi connectivity index (χ2v) is 4.16. The number of halogens is 1. The van der Waals surface area contributed by atoms with Gasteiger partial charge in [-0.2, -0.15) is 0 Å². The molecule has 0 radical (unpaired) electrons. The number of nitrogens with zero attached hydrogens (tertiary/aromatic N) is 1. The minimum absolute atomic E-state index is 0.659. The summed E-state index contributed by atoms with van der Waals surface area (Å²) in [6.45, 7) is 0. The lowest BCUT2D eigenvalue weighted by molar-refractivity contribution is -0.106. The number of benzene rings is 1. The Balaban J connectivity index is 2.66. The lowest BCUT2D eigenvalue weighted by Crippen LogP contribution is -2.04. The van der Waals surface area contributed by atoms with Gasteiger partial charge in [0, 0.05) is 21.6 Å². The molecular formula is C9H7BrN2OS. The molecule has 2 rings (SSSR count). The fourth-order valence-corrected chi connectivity index (χ4v) is 1.85. The molecule has 0 fully saturated rings. The maximum absolute atomic E-state index is 10.6. The Bertz CT molecular complexity index is 483. The first kappa shape index (κ1) is 9.61. The van der Waals surface area contributed by atoms with E-state index < -0.39 is 0 Å². The van der Waals surface area contributed by atoms with Crippen LogP contribution in [0.2, 0.25) is 0 Å². The average Bonchev–Trinajstić information content (AvgIpc) is 2.59. The fraction of sp³-hybridized carbons (Fsp3) is 0. The predicted molar refractivity (Wildman–Crippen MR) is 63.5 cm³/mol. The van der Waals surface area contributed by atoms with Crippen molar-refractivity contribution in [1.82, 2.24) is 4.98 Å². The molecule has 1 amide bonds. The lowest BCUT2D eigenvalue weighted by Gasteiger charge is -2.06. The van der Waals surface area contributed by atoms with Gasteiger partial charge in [0.15, 0.2) is 0 Å². The SMILES string of the molecule is O=CN(S)c1c[nH]c2ccc(Br)cc12. The van der Waals surface area contributed by atoms with Crippen molar-refractivity contribution >= 4 is 51.7 Å². The number of aromatic amines is 1. The van der Waals surface area contributed by atoms with E-state index in [2.05, 4.69) is 33.7 Å². The van der Waals surface area contributed by atoms with E-state index in [1.807, 2.05) is 18.2 Å². The van der Waals surface area contributed by atoms with Crippen molar-refractivity contribution in [3.8, 4) is 0 Å². The van der Waals surface area contributed by atoms with Gasteiger partial charge in [0.05, 0.1) is 5.69 Å². The van der Waals surface area contributed by atoms with Crippen LogP contribution in [0.3, 0.4) is 0 Å². The smallest absolute Gasteiger partial charge is 0.224 e. The van der Waals surface area contributed by atoms with Crippen LogP contribution >= 0.6 is 28.7 Å². The zero-order valence-electron chi connectivity index (χ0n) is 7.07. The molecule has 0 saturated carbocycles. The summed E-state index contributed by atoms with van der Waals surface area (Å²) in [6, 6.07) is 5.82. The summed E-state index contributed by atoms with van der Waals surface area (Å²) in [6.07, 6.45) is 2.41. The third kappa shape index (κ3) is 1.53. The molecule has 1 aromatic carbocycles. The number of H-pyrrole nitrogens is 1. The van der Waals surface area contributed by atoms with Gasteiger partial charge < -0.3 is 4.98 Å². The highest BCUT2D eigenvalue weighted by Gasteiger charge is 2.07. The molecule has 0 saturated heterocycles. The van der Waals surface area contributed by atoms with E-state index in [4.69, 9.17) is 0 Å². The van der Waals surface area contributed by atoms with Crippen molar-refractivity contribution in [3.05, 3.63) is 28.9 Å². The molecule has 72 valence electrons. The number of fused-ring (bicyclic) bond motifs is 1. The number of anilines is 1. The van der Waals surface area contributed by atoms with E-state index in [9.17, 15) is 4.79 Å². The minimum Gasteiger partial charge on any atom is -0.359 e. The Labute approximate surface area is 94.8 Å². The van der Waals surface area contributed by atoms with E-state index in [0.717, 1.165) is 21.1 Å². The zero-order valence-corrected chi connectivity index (χ0v) is 9.55. The molecule has 14 heavy (non-hydrogen) atoms. The number of hydrogen-bond acceptors (Lipinski definition) is 2. The van der Waals surface area contributed by atoms with Crippen LogP contribution in [0, 0.1) is 0 Å². The van der Waals surface area contributed by atoms with Crippen molar-refractivity contribution in [2.45, 2.75) is 0 Å². The Kier molecular flexibility index (Phi) is 2.52. The number of nitrogens with one attached hydrogen (secondary N) is 1. The molecule has 0 unspecified atom stereocenters. The van der Waals surface area contributed by atoms with Crippen LogP contribution in [0.15, 0.2) is 28.9 Å². The van der Waals surface area contributed by atoms with Crippen molar-refractivity contribution in [1.29, 1.82) is 0 Å². The number of thiol groups is 1. The number of aromatic nitrogens is 1. The first-order valence-corrected chi connectivity index (χ1v) is 5.11. The van der Waals surface area contributed by atoms with Gasteiger partial charge in [-0.25, -0.2) is 0 Å². The first-order valence-electron chi connectivity index (χ1n) is 3.92. The first-order chi connectivity index (χ1) is 6.72. The summed E-state index contributed by atoms with van der Waals surface area (Å²) in [5.74, 6) is 0. The molecule has 1 heterocycles. The quantitative estimate of drug-likeness (QED) is 0.639. The van der Waals surface area contributed by atoms with Crippen LogP contribution in [-0.4, -0.2) is 11.4 Å². The third-order valence-electron chi connectivity index (χ3n) is 1.97. The Morgan fingerprint density at radius 1 is 1.50 bits per heavy atom. The highest BCUT2D eigenvalue weighted by atomic mass is 79.9. The van der Waals surface area contributed by atoms with Gasteiger partial charge in [0.2, 0.25) is 6.41 Å². The van der Waals surface area contributed by atoms with Gasteiger partial charge in [-0.1, -0.05) is 28.7 Å². The highest BCUT2D eigenvalue weighted by molar-refractivity contribution is 9.10. The molecule has 0 aliphatic carbocycles. The van der Waals surface area contributed by atoms with Gasteiger partial charge in [-0.3, -0.25) is 9.10 Å². The maximum atomic E-state index is 10.6. The number of hydrogen-bond donors (Lipinski definition) is 2. The Hall–Kier alpha value is -0.940. The molecule has 0 bridgehead atoms. The monoisotopic (exact) mass is 270 g/mol. The molecule has 0 atom stereocenters. The number of rotatable bonds is 2.